The molecule has 0 aromatic carbocycles. The Kier molecular flexibility index (Phi) is 7.73. The van der Waals surface area contributed by atoms with Crippen molar-refractivity contribution < 1.29 is 18.1 Å². The van der Waals surface area contributed by atoms with Crippen molar-refractivity contribution in [3.63, 3.8) is 0 Å². The normalized spacial score (nSPS) is 30.4. The number of rotatable bonds is 5. The molecule has 2 aliphatic rings. The van der Waals surface area contributed by atoms with Crippen molar-refractivity contribution in [3.05, 3.63) is 17.4 Å². The monoisotopic (exact) mass is 572 g/mol. The molecule has 4 rings (SSSR count). The summed E-state index contributed by atoms with van der Waals surface area (Å²) in [6.07, 6.45) is 1.42. The van der Waals surface area contributed by atoms with Gasteiger partial charge in [-0.15, -0.1) is 11.8 Å². The predicted molar refractivity (Wildman–Crippen MR) is 152 cm³/mol. The third-order valence-corrected chi connectivity index (χ3v) is 20.0. The molecular weight excluding hydrogens is 532 g/mol. The highest BCUT2D eigenvalue weighted by atomic mass is 35.5. The molecule has 202 valence electrons. The van der Waals surface area contributed by atoms with Gasteiger partial charge in [0.05, 0.1) is 23.3 Å². The molecule has 0 saturated carbocycles. The number of hydrogen-bond acceptors (Lipinski definition) is 8. The minimum atomic E-state index is -2.85. The first-order chi connectivity index (χ1) is 16.7. The van der Waals surface area contributed by atoms with Crippen molar-refractivity contribution in [2.24, 2.45) is 0 Å². The van der Waals surface area contributed by atoms with Crippen LogP contribution in [0.1, 0.15) is 67.7 Å². The standard InChI is InChI=1S/C24H41ClN4O4SSi2/c1-13(2)35(14(3)4)31-12-18-19(32-36(33-35,15(5)6)16(7)8)24(9,30)22(34-18)29-11-10-17-20(25)27-23(26)28-21(17)29/h10-11,13-16,18-19,22,30H,12H2,1-9H3,(H2,26,27,28)/t18-,19-,22-,24-/m1/s1. The van der Waals surface area contributed by atoms with Gasteiger partial charge in [-0.2, -0.15) is 4.98 Å². The van der Waals surface area contributed by atoms with Crippen LogP contribution in [0.3, 0.4) is 0 Å². The average Bonchev–Trinajstić information content (AvgIpc) is 3.25. The van der Waals surface area contributed by atoms with Gasteiger partial charge in [-0.1, -0.05) is 67.0 Å². The molecule has 2 aromatic heterocycles. The Hall–Kier alpha value is -0.666. The lowest BCUT2D eigenvalue weighted by atomic mass is 9.96. The van der Waals surface area contributed by atoms with E-state index in [-0.39, 0.29) is 38.7 Å². The largest absolute Gasteiger partial charge is 0.414 e. The average molecular weight is 573 g/mol. The Morgan fingerprint density at radius 2 is 1.67 bits per heavy atom. The number of halogens is 1. The number of nitrogens with two attached hydrogens (primary N) is 1. The summed E-state index contributed by atoms with van der Waals surface area (Å²) in [5.41, 5.74) is 6.19. The molecule has 2 aliphatic heterocycles. The summed E-state index contributed by atoms with van der Waals surface area (Å²) in [7, 11) is -5.51. The fraction of sp³-hybridized carbons (Fsp3) is 0.750. The Bertz CT molecular complexity index is 1100. The first-order valence-corrected chi connectivity index (χ1v) is 18.1. The van der Waals surface area contributed by atoms with Crippen LogP contribution in [0, 0.1) is 0 Å². The number of nitrogens with zero attached hydrogens (tertiary/aromatic N) is 3. The summed E-state index contributed by atoms with van der Waals surface area (Å²) >= 11 is 8.02. The molecule has 0 bridgehead atoms. The van der Waals surface area contributed by atoms with Gasteiger partial charge < -0.3 is 28.4 Å². The molecule has 8 nitrogen and oxygen atoms in total. The van der Waals surface area contributed by atoms with Gasteiger partial charge >= 0.3 is 17.1 Å². The van der Waals surface area contributed by atoms with Crippen molar-refractivity contribution in [2.75, 3.05) is 12.3 Å². The van der Waals surface area contributed by atoms with Gasteiger partial charge in [0.15, 0.2) is 0 Å². The quantitative estimate of drug-likeness (QED) is 0.332. The maximum atomic E-state index is 12.1. The Morgan fingerprint density at radius 3 is 2.22 bits per heavy atom. The number of hydrogen-bond donors (Lipinski definition) is 2. The molecule has 4 heterocycles. The van der Waals surface area contributed by atoms with Crippen LogP contribution in [0.15, 0.2) is 12.3 Å². The maximum absolute atomic E-state index is 12.1. The van der Waals surface area contributed by atoms with E-state index < -0.39 is 28.8 Å². The molecule has 0 spiro atoms. The van der Waals surface area contributed by atoms with Crippen LogP contribution in [-0.2, 0) is 13.0 Å². The van der Waals surface area contributed by atoms with E-state index in [2.05, 4.69) is 65.4 Å². The zero-order valence-corrected chi connectivity index (χ0v) is 26.4. The molecule has 12 heteroatoms. The van der Waals surface area contributed by atoms with Crippen LogP contribution in [0.25, 0.3) is 11.0 Å². The zero-order valence-electron chi connectivity index (χ0n) is 22.8. The van der Waals surface area contributed by atoms with Gasteiger partial charge in [-0.3, -0.25) is 0 Å². The van der Waals surface area contributed by atoms with E-state index in [1.54, 1.807) is 11.8 Å². The second-order valence-corrected chi connectivity index (χ2v) is 22.1. The number of aliphatic hydroxyl groups is 1. The molecule has 2 saturated heterocycles. The first kappa shape index (κ1) is 28.3. The van der Waals surface area contributed by atoms with E-state index >= 15 is 0 Å². The molecule has 0 aliphatic carbocycles. The van der Waals surface area contributed by atoms with Gasteiger partial charge in [-0.25, -0.2) is 4.98 Å². The SMILES string of the molecule is CC(C)[Si]1(C(C)C)OC[C@H]2S[C@@H](n3ccc4c(Cl)nc(N)nc43)[C@](C)(O)[C@@H]2O[Si](C(C)C)(C(C)C)O1. The van der Waals surface area contributed by atoms with E-state index in [4.69, 9.17) is 30.3 Å². The zero-order chi connectivity index (χ0) is 26.8. The number of nitrogen functional groups attached to an aromatic ring is 1. The van der Waals surface area contributed by atoms with Gasteiger partial charge in [-0.05, 0) is 35.2 Å². The van der Waals surface area contributed by atoms with E-state index in [1.165, 1.54) is 0 Å². The summed E-state index contributed by atoms with van der Waals surface area (Å²) in [5, 5.41) is 12.7. The summed E-state index contributed by atoms with van der Waals surface area (Å²) in [6.45, 7) is 19.9. The smallest absolute Gasteiger partial charge is 0.335 e. The van der Waals surface area contributed by atoms with Crippen LogP contribution in [0.4, 0.5) is 5.95 Å². The van der Waals surface area contributed by atoms with Gasteiger partial charge in [0, 0.05) is 6.20 Å². The minimum absolute atomic E-state index is 0.0743. The molecule has 0 amide bonds. The van der Waals surface area contributed by atoms with Crippen LogP contribution in [0.2, 0.25) is 27.3 Å². The Labute approximate surface area is 226 Å². The molecule has 0 unspecified atom stereocenters. The summed E-state index contributed by atoms with van der Waals surface area (Å²) in [4.78, 5) is 8.54. The van der Waals surface area contributed by atoms with Crippen LogP contribution in [-0.4, -0.2) is 60.3 Å². The third kappa shape index (κ3) is 4.37. The predicted octanol–water partition coefficient (Wildman–Crippen LogP) is 5.99. The van der Waals surface area contributed by atoms with Crippen molar-refractivity contribution >= 4 is 57.5 Å². The second-order valence-electron chi connectivity index (χ2n) is 11.6. The number of aromatic nitrogens is 3. The van der Waals surface area contributed by atoms with Gasteiger partial charge in [0.25, 0.3) is 0 Å². The molecule has 0 radical (unpaired) electrons. The van der Waals surface area contributed by atoms with Crippen molar-refractivity contribution in [2.45, 2.75) is 107 Å². The third-order valence-electron chi connectivity index (χ3n) is 7.84. The highest BCUT2D eigenvalue weighted by Crippen LogP contribution is 2.55. The lowest BCUT2D eigenvalue weighted by Gasteiger charge is -2.52. The summed E-state index contributed by atoms with van der Waals surface area (Å²) < 4.78 is 23.3. The topological polar surface area (TPSA) is 105 Å². The van der Waals surface area contributed by atoms with Crippen LogP contribution < -0.4 is 5.73 Å². The number of fused-ring (bicyclic) bond motifs is 2. The molecule has 4 atom stereocenters. The first-order valence-electron chi connectivity index (χ1n) is 12.9. The van der Waals surface area contributed by atoms with Crippen molar-refractivity contribution in [1.82, 2.24) is 14.5 Å². The lowest BCUT2D eigenvalue weighted by Crippen LogP contribution is -2.66. The molecular formula is C24H41ClN4O4SSi2. The number of thioether (sulfide) groups is 1. The molecule has 2 fully saturated rings. The summed E-state index contributed by atoms with van der Waals surface area (Å²) in [5.74, 6) is 0.102. The molecule has 2 aromatic rings. The summed E-state index contributed by atoms with van der Waals surface area (Å²) in [6, 6.07) is 1.87. The highest BCUT2D eigenvalue weighted by Gasteiger charge is 2.64. The van der Waals surface area contributed by atoms with Crippen molar-refractivity contribution in [1.29, 1.82) is 0 Å². The molecule has 3 N–H and O–H groups in total. The Morgan fingerprint density at radius 1 is 1.08 bits per heavy atom. The van der Waals surface area contributed by atoms with Crippen molar-refractivity contribution in [3.8, 4) is 0 Å². The van der Waals surface area contributed by atoms with E-state index in [1.807, 2.05) is 23.8 Å². The van der Waals surface area contributed by atoms with E-state index in [0.29, 0.717) is 22.8 Å². The van der Waals surface area contributed by atoms with E-state index in [0.717, 1.165) is 0 Å². The van der Waals surface area contributed by atoms with Gasteiger partial charge in [0.1, 0.15) is 21.8 Å². The van der Waals surface area contributed by atoms with E-state index in [9.17, 15) is 5.11 Å². The lowest BCUT2D eigenvalue weighted by molar-refractivity contribution is -0.0747. The molecule has 36 heavy (non-hydrogen) atoms. The van der Waals surface area contributed by atoms with Crippen LogP contribution in [0.5, 0.6) is 0 Å². The Balaban J connectivity index is 1.83. The van der Waals surface area contributed by atoms with Gasteiger partial charge in [0.2, 0.25) is 5.95 Å². The fourth-order valence-electron chi connectivity index (χ4n) is 5.89. The fourth-order valence-corrected chi connectivity index (χ4v) is 19.3. The minimum Gasteiger partial charge on any atom is -0.414 e. The number of anilines is 1. The van der Waals surface area contributed by atoms with Crippen LogP contribution >= 0.6 is 23.4 Å². The highest BCUT2D eigenvalue weighted by molar-refractivity contribution is 8.00. The maximum Gasteiger partial charge on any atom is 0.335 e. The second kappa shape index (κ2) is 9.82.